The van der Waals surface area contributed by atoms with Gasteiger partial charge in [-0.15, -0.1) is 30.0 Å². The number of para-hydroxylation sites is 1. The van der Waals surface area contributed by atoms with E-state index in [1.165, 1.54) is 22.3 Å². The predicted molar refractivity (Wildman–Crippen MR) is 154 cm³/mol. The molecule has 0 bridgehead atoms. The van der Waals surface area contributed by atoms with E-state index in [-0.39, 0.29) is 46.7 Å². The molecule has 0 N–H and O–H groups in total. The van der Waals surface area contributed by atoms with Crippen molar-refractivity contribution in [2.24, 2.45) is 0 Å². The molecular weight excluding hydrogens is 601 g/mol. The van der Waals surface area contributed by atoms with E-state index in [0.717, 1.165) is 22.4 Å². The molecule has 4 rings (SSSR count). The van der Waals surface area contributed by atoms with Crippen molar-refractivity contribution < 1.29 is 25.8 Å². The summed E-state index contributed by atoms with van der Waals surface area (Å²) in [5.41, 5.74) is 9.35. The van der Waals surface area contributed by atoms with Gasteiger partial charge in [-0.1, -0.05) is 98.5 Å². The molecule has 1 aliphatic carbocycles. The predicted octanol–water partition coefficient (Wildman–Crippen LogP) is 10.1. The Balaban J connectivity index is 0.00000216. The van der Waals surface area contributed by atoms with E-state index in [1.807, 2.05) is 18.2 Å². The van der Waals surface area contributed by atoms with E-state index in [2.05, 4.69) is 114 Å². The van der Waals surface area contributed by atoms with Crippen LogP contribution in [0.25, 0.3) is 10.9 Å². The first-order valence-corrected chi connectivity index (χ1v) is 11.8. The fourth-order valence-corrected chi connectivity index (χ4v) is 4.35. The molecule has 1 nitrogen and oxygen atoms in total. The Kier molecular flexibility index (Phi) is 12.5. The van der Waals surface area contributed by atoms with Gasteiger partial charge in [-0.3, -0.25) is 0 Å². The summed E-state index contributed by atoms with van der Waals surface area (Å²) in [7, 11) is 0. The molecule has 182 valence electrons. The van der Waals surface area contributed by atoms with Gasteiger partial charge in [0.25, 0.3) is 0 Å². The summed E-state index contributed by atoms with van der Waals surface area (Å²) >= 11 is 0. The SMILES string of the molecule is Cc1ccccc1C([N-]c1c(C(C)C)cccc1C(C)C)C1=CC=CC(c2[c-]cccc2)=[C+]1.[CH3-].[CH3-].[Hf+4]. The number of allylic oxidation sites excluding steroid dienone is 4. The second-order valence-corrected chi connectivity index (χ2v) is 9.28. The number of nitrogens with zero attached hydrogens (tertiary/aromatic N) is 1. The maximum absolute atomic E-state index is 5.50. The molecular formula is C34H38HfN+. The van der Waals surface area contributed by atoms with Crippen molar-refractivity contribution in [3.8, 4) is 0 Å². The summed E-state index contributed by atoms with van der Waals surface area (Å²) in [5.74, 6) is 0.795. The number of benzene rings is 3. The standard InChI is InChI=1S/C32H32N.2CH3.Hf/c1-22(2)28-19-12-20-29(23(3)4)32(28)33-31(30-18-10-9-13-24(30)5)27-17-11-16-26(21-27)25-14-7-6-8-15-25;;;/h6-14,16-20,22-23,31H,1-5H3;2*1H3;/q3*-1;+4. The van der Waals surface area contributed by atoms with Gasteiger partial charge in [0.05, 0.1) is 11.1 Å². The quantitative estimate of drug-likeness (QED) is 0.181. The first kappa shape index (κ1) is 31.5. The average molecular weight is 639 g/mol. The number of rotatable bonds is 7. The molecule has 0 aliphatic heterocycles. The van der Waals surface area contributed by atoms with Crippen molar-refractivity contribution in [2.45, 2.75) is 52.5 Å². The van der Waals surface area contributed by atoms with E-state index < -0.39 is 0 Å². The second-order valence-electron chi connectivity index (χ2n) is 9.28. The molecule has 0 saturated heterocycles. The molecule has 36 heavy (non-hydrogen) atoms. The molecule has 0 aromatic heterocycles. The summed E-state index contributed by atoms with van der Waals surface area (Å²) in [6.45, 7) is 11.2. The van der Waals surface area contributed by atoms with Crippen molar-refractivity contribution in [3.05, 3.63) is 151 Å². The van der Waals surface area contributed by atoms with Gasteiger partial charge in [0.1, 0.15) is 0 Å². The molecule has 0 heterocycles. The van der Waals surface area contributed by atoms with Gasteiger partial charge in [0.2, 0.25) is 0 Å². The van der Waals surface area contributed by atoms with Crippen molar-refractivity contribution in [2.75, 3.05) is 0 Å². The Morgan fingerprint density at radius 2 is 1.39 bits per heavy atom. The van der Waals surface area contributed by atoms with Gasteiger partial charge in [-0.2, -0.15) is 0 Å². The van der Waals surface area contributed by atoms with Crippen LogP contribution in [-0.4, -0.2) is 0 Å². The maximum atomic E-state index is 5.50. The van der Waals surface area contributed by atoms with Crippen LogP contribution in [0.15, 0.2) is 90.5 Å². The van der Waals surface area contributed by atoms with Crippen LogP contribution in [0.2, 0.25) is 0 Å². The van der Waals surface area contributed by atoms with Crippen LogP contribution in [0.5, 0.6) is 0 Å². The third kappa shape index (κ3) is 7.02. The van der Waals surface area contributed by atoms with Crippen LogP contribution < -0.4 is 0 Å². The summed E-state index contributed by atoms with van der Waals surface area (Å²) < 4.78 is 0. The summed E-state index contributed by atoms with van der Waals surface area (Å²) in [6, 6.07) is 26.5. The second kappa shape index (κ2) is 14.3. The Morgan fingerprint density at radius 1 is 0.778 bits per heavy atom. The third-order valence-electron chi connectivity index (χ3n) is 6.20. The molecule has 0 amide bonds. The first-order chi connectivity index (χ1) is 16.0. The maximum Gasteiger partial charge on any atom is 4.00 e. The first-order valence-electron chi connectivity index (χ1n) is 11.8. The van der Waals surface area contributed by atoms with Gasteiger partial charge in [-0.05, 0) is 42.5 Å². The Bertz CT molecular complexity index is 1170. The summed E-state index contributed by atoms with van der Waals surface area (Å²) in [5, 5.41) is 5.50. The van der Waals surface area contributed by atoms with Crippen LogP contribution >= 0.6 is 0 Å². The zero-order valence-electron chi connectivity index (χ0n) is 22.8. The molecule has 0 fully saturated rings. The van der Waals surface area contributed by atoms with Gasteiger partial charge < -0.3 is 20.2 Å². The van der Waals surface area contributed by atoms with Crippen LogP contribution in [0.4, 0.5) is 5.69 Å². The molecule has 1 aliphatic rings. The van der Waals surface area contributed by atoms with E-state index in [9.17, 15) is 0 Å². The van der Waals surface area contributed by atoms with Gasteiger partial charge >= 0.3 is 25.8 Å². The molecule has 3 aromatic carbocycles. The van der Waals surface area contributed by atoms with Crippen molar-refractivity contribution in [1.29, 1.82) is 0 Å². The van der Waals surface area contributed by atoms with Crippen LogP contribution in [0.1, 0.15) is 73.4 Å². The molecule has 2 heteroatoms. The fraction of sp³-hybridized carbons (Fsp3) is 0.235. The van der Waals surface area contributed by atoms with Crippen molar-refractivity contribution in [1.82, 2.24) is 0 Å². The number of hydrogen-bond acceptors (Lipinski definition) is 0. The fourth-order valence-electron chi connectivity index (χ4n) is 4.35. The normalized spacial score (nSPS) is 12.9. The minimum absolute atomic E-state index is 0. The third-order valence-corrected chi connectivity index (χ3v) is 6.20. The Hall–Kier alpha value is -2.54. The number of aryl methyl sites for hydroxylation is 1. The largest absolute Gasteiger partial charge is 4.00 e. The monoisotopic (exact) mass is 640 g/mol. The average Bonchev–Trinajstić information content (AvgIpc) is 2.83. The topological polar surface area (TPSA) is 14.1 Å². The summed E-state index contributed by atoms with van der Waals surface area (Å²) in [6.07, 6.45) is 10.0. The molecule has 0 spiro atoms. The van der Waals surface area contributed by atoms with E-state index in [4.69, 9.17) is 5.32 Å². The van der Waals surface area contributed by atoms with Gasteiger partial charge in [0, 0.05) is 12.2 Å². The summed E-state index contributed by atoms with van der Waals surface area (Å²) in [4.78, 5) is 0. The Labute approximate surface area is 239 Å². The van der Waals surface area contributed by atoms with Crippen LogP contribution in [0, 0.1) is 33.9 Å². The van der Waals surface area contributed by atoms with E-state index >= 15 is 0 Å². The van der Waals surface area contributed by atoms with Crippen molar-refractivity contribution in [3.63, 3.8) is 0 Å². The zero-order valence-corrected chi connectivity index (χ0v) is 26.4. The minimum atomic E-state index is -0.132. The molecule has 1 atom stereocenters. The smallest absolute Gasteiger partial charge is 0.672 e. The molecule has 3 aromatic rings. The molecule has 1 unspecified atom stereocenters. The minimum Gasteiger partial charge on any atom is -0.672 e. The van der Waals surface area contributed by atoms with Crippen LogP contribution in [-0.2, 0) is 25.8 Å². The van der Waals surface area contributed by atoms with E-state index in [0.29, 0.717) is 11.8 Å². The zero-order chi connectivity index (χ0) is 23.4. The van der Waals surface area contributed by atoms with Gasteiger partial charge in [-0.25, -0.2) is 0 Å². The Morgan fingerprint density at radius 3 is 1.97 bits per heavy atom. The van der Waals surface area contributed by atoms with E-state index in [1.54, 1.807) is 0 Å². The van der Waals surface area contributed by atoms with Crippen LogP contribution in [0.3, 0.4) is 0 Å². The van der Waals surface area contributed by atoms with Crippen molar-refractivity contribution >= 4 is 11.3 Å². The van der Waals surface area contributed by atoms with Gasteiger partial charge in [0.15, 0.2) is 0 Å². The number of hydrogen-bond donors (Lipinski definition) is 0. The molecule has 0 radical (unpaired) electrons. The molecule has 0 saturated carbocycles.